The van der Waals surface area contributed by atoms with E-state index in [0.717, 1.165) is 10.6 Å². The largest absolute Gasteiger partial charge is 0.381 e. The van der Waals surface area contributed by atoms with Crippen molar-refractivity contribution in [3.8, 4) is 0 Å². The topological polar surface area (TPSA) is 92.4 Å². The van der Waals surface area contributed by atoms with Crippen LogP contribution in [0.5, 0.6) is 0 Å². The number of primary amides is 1. The highest BCUT2D eigenvalue weighted by Gasteiger charge is 2.11. The monoisotopic (exact) mass is 316 g/mol. The van der Waals surface area contributed by atoms with E-state index in [9.17, 15) is 9.59 Å². The summed E-state index contributed by atoms with van der Waals surface area (Å²) in [4.78, 5) is 23.1. The van der Waals surface area contributed by atoms with Crippen LogP contribution in [-0.4, -0.2) is 35.3 Å². The first-order valence-corrected chi connectivity index (χ1v) is 7.48. The van der Waals surface area contributed by atoms with Crippen LogP contribution in [0.2, 0.25) is 5.02 Å². The van der Waals surface area contributed by atoms with Crippen LogP contribution in [-0.2, 0) is 9.59 Å². The molecule has 1 unspecified atom stereocenters. The fraction of sp³-hybridized carbons (Fsp3) is 0.385. The summed E-state index contributed by atoms with van der Waals surface area (Å²) in [6, 6.07) is 7.50. The zero-order chi connectivity index (χ0) is 15.0. The average Bonchev–Trinajstić information content (AvgIpc) is 2.42. The number of nitrogens with two attached hydrogens (primary N) is 1. The van der Waals surface area contributed by atoms with Gasteiger partial charge in [-0.2, -0.15) is 0 Å². The van der Waals surface area contributed by atoms with E-state index in [0.29, 0.717) is 17.9 Å². The Morgan fingerprint density at radius 3 is 2.60 bits per heavy atom. The molecular weight excluding hydrogens is 300 g/mol. The van der Waals surface area contributed by atoms with Crippen LogP contribution in [0.25, 0.3) is 0 Å². The molecule has 0 spiro atoms. The number of carbonyl (C=O) groups is 2. The summed E-state index contributed by atoms with van der Waals surface area (Å²) < 4.78 is 0. The summed E-state index contributed by atoms with van der Waals surface area (Å²) in [5.41, 5.74) is 4.87. The van der Waals surface area contributed by atoms with Gasteiger partial charge in [-0.05, 0) is 36.4 Å². The van der Waals surface area contributed by atoms with Crippen molar-refractivity contribution in [1.29, 1.82) is 0 Å². The van der Waals surface area contributed by atoms with E-state index >= 15 is 0 Å². The predicted octanol–water partition coefficient (Wildman–Crippen LogP) is 1.17. The lowest BCUT2D eigenvalue weighted by Gasteiger charge is -2.08. The van der Waals surface area contributed by atoms with Crippen LogP contribution in [0, 0.1) is 0 Å². The summed E-state index contributed by atoms with van der Waals surface area (Å²) in [5.74, 6) is -0.251. The third kappa shape index (κ3) is 6.79. The predicted molar refractivity (Wildman–Crippen MR) is 79.6 cm³/mol. The quantitative estimate of drug-likeness (QED) is 0.496. The van der Waals surface area contributed by atoms with Gasteiger partial charge in [0.05, 0.1) is 6.54 Å². The minimum Gasteiger partial charge on any atom is -0.381 e. The standard InChI is InChI=1S/C13H17ClN2O3S/c14-9-3-5-10(6-4-9)20-7-1-2-12(18)16-8-11(17)13(15)19/h3-6,11,17H,1-2,7-8H2,(H2,15,19)(H,16,18). The molecule has 0 aromatic heterocycles. The first-order chi connectivity index (χ1) is 9.49. The van der Waals surface area contributed by atoms with Crippen LogP contribution in [0.1, 0.15) is 12.8 Å². The second-order valence-corrected chi connectivity index (χ2v) is 5.73. The Balaban J connectivity index is 2.13. The first-order valence-electron chi connectivity index (χ1n) is 6.11. The highest BCUT2D eigenvalue weighted by atomic mass is 35.5. The lowest BCUT2D eigenvalue weighted by Crippen LogP contribution is -2.39. The molecule has 0 aliphatic heterocycles. The molecule has 1 aromatic rings. The molecule has 7 heteroatoms. The molecule has 0 saturated heterocycles. The number of thioether (sulfide) groups is 1. The van der Waals surface area contributed by atoms with Crippen LogP contribution >= 0.6 is 23.4 Å². The maximum atomic E-state index is 11.4. The lowest BCUT2D eigenvalue weighted by molar-refractivity contribution is -0.127. The van der Waals surface area contributed by atoms with E-state index in [-0.39, 0.29) is 12.5 Å². The normalized spacial score (nSPS) is 11.9. The molecule has 110 valence electrons. The summed E-state index contributed by atoms with van der Waals surface area (Å²) in [5, 5.41) is 12.3. The smallest absolute Gasteiger partial charge is 0.248 e. The van der Waals surface area contributed by atoms with Gasteiger partial charge in [0.25, 0.3) is 0 Å². The van der Waals surface area contributed by atoms with Crippen molar-refractivity contribution in [3.63, 3.8) is 0 Å². The van der Waals surface area contributed by atoms with Gasteiger partial charge in [-0.1, -0.05) is 11.6 Å². The van der Waals surface area contributed by atoms with Gasteiger partial charge in [0.15, 0.2) is 0 Å². The number of halogens is 1. The van der Waals surface area contributed by atoms with Crippen LogP contribution in [0.15, 0.2) is 29.2 Å². The molecule has 0 heterocycles. The molecule has 0 aliphatic carbocycles. The van der Waals surface area contributed by atoms with Crippen LogP contribution < -0.4 is 11.1 Å². The molecule has 0 aliphatic rings. The number of nitrogens with one attached hydrogen (secondary N) is 1. The Morgan fingerprint density at radius 1 is 1.35 bits per heavy atom. The van der Waals surface area contributed by atoms with Crippen molar-refractivity contribution in [3.05, 3.63) is 29.3 Å². The van der Waals surface area contributed by atoms with E-state index in [1.54, 1.807) is 11.8 Å². The van der Waals surface area contributed by atoms with Crippen LogP contribution in [0.4, 0.5) is 0 Å². The molecule has 1 atom stereocenters. The number of amides is 2. The first kappa shape index (κ1) is 16.8. The number of rotatable bonds is 8. The molecule has 1 aromatic carbocycles. The van der Waals surface area contributed by atoms with Crippen molar-refractivity contribution in [2.75, 3.05) is 12.3 Å². The van der Waals surface area contributed by atoms with Gasteiger partial charge in [-0.25, -0.2) is 0 Å². The molecule has 4 N–H and O–H groups in total. The second-order valence-electron chi connectivity index (χ2n) is 4.13. The van der Waals surface area contributed by atoms with E-state index in [1.165, 1.54) is 0 Å². The minimum absolute atomic E-state index is 0.140. The minimum atomic E-state index is -1.33. The summed E-state index contributed by atoms with van der Waals surface area (Å²) in [6.07, 6.45) is -0.292. The lowest BCUT2D eigenvalue weighted by atomic mass is 10.3. The molecule has 0 radical (unpaired) electrons. The Bertz CT molecular complexity index is 453. The van der Waals surface area contributed by atoms with Crippen molar-refractivity contribution >= 4 is 35.2 Å². The second kappa shape index (κ2) is 8.84. The molecule has 1 rings (SSSR count). The average molecular weight is 317 g/mol. The number of carbonyl (C=O) groups excluding carboxylic acids is 2. The summed E-state index contributed by atoms with van der Waals surface area (Å²) in [6.45, 7) is -0.140. The van der Waals surface area contributed by atoms with Gasteiger partial charge in [-0.15, -0.1) is 11.8 Å². The molecule has 5 nitrogen and oxygen atoms in total. The van der Waals surface area contributed by atoms with Crippen molar-refractivity contribution < 1.29 is 14.7 Å². The SMILES string of the molecule is NC(=O)C(O)CNC(=O)CCCSc1ccc(Cl)cc1. The molecular formula is C13H17ClN2O3S. The number of benzene rings is 1. The van der Waals surface area contributed by atoms with Gasteiger partial charge in [0.1, 0.15) is 6.10 Å². The molecule has 0 saturated carbocycles. The molecule has 0 fully saturated rings. The number of hydrogen-bond donors (Lipinski definition) is 3. The van der Waals surface area contributed by atoms with Crippen molar-refractivity contribution in [2.45, 2.75) is 23.8 Å². The van der Waals surface area contributed by atoms with E-state index in [1.807, 2.05) is 24.3 Å². The number of aliphatic hydroxyl groups excluding tert-OH is 1. The molecule has 2 amide bonds. The van der Waals surface area contributed by atoms with Crippen LogP contribution in [0.3, 0.4) is 0 Å². The highest BCUT2D eigenvalue weighted by Crippen LogP contribution is 2.21. The van der Waals surface area contributed by atoms with Gasteiger partial charge in [-0.3, -0.25) is 9.59 Å². The Labute approximate surface area is 126 Å². The van der Waals surface area contributed by atoms with Gasteiger partial charge in [0, 0.05) is 16.3 Å². The van der Waals surface area contributed by atoms with E-state index in [2.05, 4.69) is 5.32 Å². The van der Waals surface area contributed by atoms with Crippen molar-refractivity contribution in [2.24, 2.45) is 5.73 Å². The molecule has 0 bridgehead atoms. The fourth-order valence-electron chi connectivity index (χ4n) is 1.35. The van der Waals surface area contributed by atoms with Crippen molar-refractivity contribution in [1.82, 2.24) is 5.32 Å². The fourth-order valence-corrected chi connectivity index (χ4v) is 2.33. The Kier molecular flexibility index (Phi) is 7.43. The van der Waals surface area contributed by atoms with Gasteiger partial charge >= 0.3 is 0 Å². The van der Waals surface area contributed by atoms with Gasteiger partial charge in [0.2, 0.25) is 11.8 Å². The number of aliphatic hydroxyl groups is 1. The van der Waals surface area contributed by atoms with E-state index in [4.69, 9.17) is 22.4 Å². The molecule has 20 heavy (non-hydrogen) atoms. The number of hydrogen-bond acceptors (Lipinski definition) is 4. The van der Waals surface area contributed by atoms with E-state index < -0.39 is 12.0 Å². The summed E-state index contributed by atoms with van der Waals surface area (Å²) in [7, 11) is 0. The zero-order valence-electron chi connectivity index (χ0n) is 10.8. The third-order valence-electron chi connectivity index (χ3n) is 2.45. The zero-order valence-corrected chi connectivity index (χ0v) is 12.4. The maximum absolute atomic E-state index is 11.4. The highest BCUT2D eigenvalue weighted by molar-refractivity contribution is 7.99. The third-order valence-corrected chi connectivity index (χ3v) is 3.80. The van der Waals surface area contributed by atoms with Gasteiger partial charge < -0.3 is 16.2 Å². The Morgan fingerprint density at radius 2 is 2.00 bits per heavy atom. The maximum Gasteiger partial charge on any atom is 0.248 e. The Hall–Kier alpha value is -1.24. The summed E-state index contributed by atoms with van der Waals surface area (Å²) >= 11 is 7.42.